The second-order valence-electron chi connectivity index (χ2n) is 10.3. The summed E-state index contributed by atoms with van der Waals surface area (Å²) >= 11 is 6.16. The normalized spacial score (nSPS) is 14.7. The first-order valence-electron chi connectivity index (χ1n) is 13.7. The number of carbonyl (C=O) groups excluding carboxylic acids is 2. The van der Waals surface area contributed by atoms with Gasteiger partial charge in [-0.25, -0.2) is 4.98 Å². The van der Waals surface area contributed by atoms with E-state index in [0.29, 0.717) is 41.7 Å². The lowest BCUT2D eigenvalue weighted by Gasteiger charge is -2.34. The molecule has 0 atom stereocenters. The smallest absolute Gasteiger partial charge is 0.268 e. The number of nitrogens with one attached hydrogen (secondary N) is 1. The molecule has 1 aliphatic rings. The Morgan fingerprint density at radius 2 is 1.76 bits per heavy atom. The van der Waals surface area contributed by atoms with Crippen LogP contribution in [0.5, 0.6) is 0 Å². The summed E-state index contributed by atoms with van der Waals surface area (Å²) in [4.78, 5) is 32.9. The van der Waals surface area contributed by atoms with Gasteiger partial charge in [0.1, 0.15) is 11.3 Å². The van der Waals surface area contributed by atoms with Gasteiger partial charge in [0.25, 0.3) is 5.91 Å². The molecule has 0 aliphatic carbocycles. The third-order valence-electron chi connectivity index (χ3n) is 7.74. The fraction of sp³-hybridized carbons (Fsp3) is 0.500. The molecule has 0 unspecified atom stereocenters. The van der Waals surface area contributed by atoms with Gasteiger partial charge >= 0.3 is 0 Å². The minimum atomic E-state index is -0.166. The fourth-order valence-electron chi connectivity index (χ4n) is 5.73. The number of methoxy groups -OCH3 is 1. The van der Waals surface area contributed by atoms with E-state index in [0.717, 1.165) is 38.5 Å². The first kappa shape index (κ1) is 28.1. The van der Waals surface area contributed by atoms with Crippen LogP contribution >= 0.6 is 11.6 Å². The van der Waals surface area contributed by atoms with Crippen molar-refractivity contribution in [2.45, 2.75) is 70.3 Å². The van der Waals surface area contributed by atoms with Crippen LogP contribution in [0.1, 0.15) is 74.1 Å². The third kappa shape index (κ3) is 6.38. The quantitative estimate of drug-likeness (QED) is 0.353. The highest BCUT2D eigenvalue weighted by atomic mass is 35.5. The van der Waals surface area contributed by atoms with Crippen LogP contribution in [-0.2, 0) is 21.4 Å². The van der Waals surface area contributed by atoms with Crippen LogP contribution < -0.4 is 5.32 Å². The Hall–Kier alpha value is -2.90. The molecule has 1 aliphatic heterocycles. The van der Waals surface area contributed by atoms with Crippen LogP contribution in [0.15, 0.2) is 48.7 Å². The molecule has 0 bridgehead atoms. The highest BCUT2D eigenvalue weighted by Gasteiger charge is 2.31. The van der Waals surface area contributed by atoms with Crippen molar-refractivity contribution >= 4 is 29.1 Å². The van der Waals surface area contributed by atoms with E-state index in [1.165, 1.54) is 5.56 Å². The number of ether oxygens (including phenoxy) is 1. The number of aromatic nitrogens is 2. The molecular weight excluding hydrogens is 500 g/mol. The molecule has 1 aromatic carbocycles. The molecule has 1 N–H and O–H groups in total. The van der Waals surface area contributed by atoms with Gasteiger partial charge in [-0.15, -0.1) is 0 Å². The van der Waals surface area contributed by atoms with Crippen molar-refractivity contribution in [3.05, 3.63) is 70.6 Å². The largest absolute Gasteiger partial charge is 0.381 e. The maximum Gasteiger partial charge on any atom is 0.268 e. The number of halogens is 1. The van der Waals surface area contributed by atoms with Crippen molar-refractivity contribution in [3.8, 4) is 0 Å². The number of nitrogens with zero attached hydrogens (tertiary/aromatic N) is 3. The van der Waals surface area contributed by atoms with E-state index in [-0.39, 0.29) is 29.8 Å². The number of likely N-dealkylation sites (tertiary alicyclic amines) is 1. The average molecular weight is 539 g/mol. The van der Waals surface area contributed by atoms with E-state index >= 15 is 0 Å². The van der Waals surface area contributed by atoms with Crippen LogP contribution in [0.2, 0.25) is 5.02 Å². The van der Waals surface area contributed by atoms with Crippen molar-refractivity contribution in [2.24, 2.45) is 0 Å². The molecule has 2 aromatic heterocycles. The molecule has 3 heterocycles. The van der Waals surface area contributed by atoms with Crippen molar-refractivity contribution in [2.75, 3.05) is 26.7 Å². The first-order chi connectivity index (χ1) is 18.4. The highest BCUT2D eigenvalue weighted by molar-refractivity contribution is 6.30. The molecule has 1 saturated heterocycles. The maximum atomic E-state index is 13.5. The molecule has 2 amide bonds. The van der Waals surface area contributed by atoms with Crippen LogP contribution in [0.4, 0.5) is 0 Å². The standard InChI is InChI=1S/C30H39ClN4O3/c1-4-15-30(16-5-2,22-9-11-23(31)12-10-22)21-32-29(37)26-7-6-8-27-33-24(20-35(26)27)19-28(36)34-17-13-25(38-3)14-18-34/h6-12,20,25H,4-5,13-19,21H2,1-3H3,(H,32,37). The van der Waals surface area contributed by atoms with Gasteiger partial charge in [-0.3, -0.25) is 14.0 Å². The molecule has 4 rings (SSSR count). The Morgan fingerprint density at radius 1 is 1.08 bits per heavy atom. The molecule has 0 radical (unpaired) electrons. The second-order valence-corrected chi connectivity index (χ2v) is 10.8. The summed E-state index contributed by atoms with van der Waals surface area (Å²) in [6, 6.07) is 13.5. The van der Waals surface area contributed by atoms with E-state index in [9.17, 15) is 9.59 Å². The zero-order valence-electron chi connectivity index (χ0n) is 22.7. The number of amides is 2. The predicted octanol–water partition coefficient (Wildman–Crippen LogP) is 5.44. The van der Waals surface area contributed by atoms with Gasteiger partial charge in [0.05, 0.1) is 18.2 Å². The molecule has 0 saturated carbocycles. The molecule has 8 heteroatoms. The summed E-state index contributed by atoms with van der Waals surface area (Å²) in [6.45, 7) is 6.28. The molecular formula is C30H39ClN4O3. The van der Waals surface area contributed by atoms with Gasteiger partial charge in [-0.2, -0.15) is 0 Å². The molecule has 1 fully saturated rings. The molecule has 0 spiro atoms. The number of carbonyl (C=O) groups is 2. The number of imidazole rings is 1. The summed E-state index contributed by atoms with van der Waals surface area (Å²) in [6.07, 6.45) is 7.91. The SMILES string of the molecule is CCCC(CCC)(CNC(=O)c1cccc2nc(CC(=O)N3CCC(OC)CC3)cn12)c1ccc(Cl)cc1. The lowest BCUT2D eigenvalue weighted by Crippen LogP contribution is -2.41. The Balaban J connectivity index is 1.49. The van der Waals surface area contributed by atoms with Gasteiger partial charge in [-0.05, 0) is 55.5 Å². The Bertz CT molecular complexity index is 1230. The maximum absolute atomic E-state index is 13.5. The molecule has 7 nitrogen and oxygen atoms in total. The van der Waals surface area contributed by atoms with E-state index in [1.54, 1.807) is 17.6 Å². The Morgan fingerprint density at radius 3 is 2.39 bits per heavy atom. The summed E-state index contributed by atoms with van der Waals surface area (Å²) in [5, 5.41) is 3.93. The number of fused-ring (bicyclic) bond motifs is 1. The zero-order valence-corrected chi connectivity index (χ0v) is 23.5. The van der Waals surface area contributed by atoms with E-state index in [2.05, 4.69) is 36.3 Å². The number of hydrogen-bond acceptors (Lipinski definition) is 4. The fourth-order valence-corrected chi connectivity index (χ4v) is 5.86. The summed E-state index contributed by atoms with van der Waals surface area (Å²) in [7, 11) is 1.72. The molecule has 38 heavy (non-hydrogen) atoms. The minimum Gasteiger partial charge on any atom is -0.381 e. The van der Waals surface area contributed by atoms with Crippen LogP contribution in [0.3, 0.4) is 0 Å². The van der Waals surface area contributed by atoms with Crippen molar-refractivity contribution < 1.29 is 14.3 Å². The van der Waals surface area contributed by atoms with Gasteiger partial charge in [-0.1, -0.05) is 56.5 Å². The van der Waals surface area contributed by atoms with Crippen molar-refractivity contribution in [1.82, 2.24) is 19.6 Å². The lowest BCUT2D eigenvalue weighted by molar-refractivity contribution is -0.132. The summed E-state index contributed by atoms with van der Waals surface area (Å²) in [5.74, 6) is -0.0982. The Kier molecular flexibility index (Phi) is 9.44. The number of rotatable bonds is 11. The van der Waals surface area contributed by atoms with Gasteiger partial charge < -0.3 is 15.0 Å². The van der Waals surface area contributed by atoms with Gasteiger partial charge in [0, 0.05) is 43.4 Å². The zero-order chi connectivity index (χ0) is 27.1. The highest BCUT2D eigenvalue weighted by Crippen LogP contribution is 2.34. The van der Waals surface area contributed by atoms with E-state index in [1.807, 2.05) is 35.4 Å². The monoisotopic (exact) mass is 538 g/mol. The summed E-state index contributed by atoms with van der Waals surface area (Å²) in [5.41, 5.74) is 2.86. The predicted molar refractivity (Wildman–Crippen MR) is 151 cm³/mol. The number of hydrogen-bond donors (Lipinski definition) is 1. The number of pyridine rings is 1. The van der Waals surface area contributed by atoms with Crippen LogP contribution in [-0.4, -0.2) is 58.9 Å². The lowest BCUT2D eigenvalue weighted by atomic mass is 9.73. The Labute approximate surface area is 230 Å². The number of benzene rings is 1. The first-order valence-corrected chi connectivity index (χ1v) is 14.1. The topological polar surface area (TPSA) is 75.9 Å². The van der Waals surface area contributed by atoms with E-state index < -0.39 is 0 Å². The average Bonchev–Trinajstić information content (AvgIpc) is 3.34. The second kappa shape index (κ2) is 12.8. The van der Waals surface area contributed by atoms with Gasteiger partial charge in [0.2, 0.25) is 5.91 Å². The van der Waals surface area contributed by atoms with E-state index in [4.69, 9.17) is 16.3 Å². The third-order valence-corrected chi connectivity index (χ3v) is 7.99. The number of piperidine rings is 1. The van der Waals surface area contributed by atoms with Crippen molar-refractivity contribution in [3.63, 3.8) is 0 Å². The van der Waals surface area contributed by atoms with Crippen LogP contribution in [0, 0.1) is 0 Å². The van der Waals surface area contributed by atoms with Crippen LogP contribution in [0.25, 0.3) is 5.65 Å². The molecule has 204 valence electrons. The van der Waals surface area contributed by atoms with Gasteiger partial charge in [0.15, 0.2) is 0 Å². The van der Waals surface area contributed by atoms with Crippen molar-refractivity contribution in [1.29, 1.82) is 0 Å². The molecule has 3 aromatic rings. The minimum absolute atomic E-state index is 0.0563. The summed E-state index contributed by atoms with van der Waals surface area (Å²) < 4.78 is 7.20.